The monoisotopic (exact) mass is 627 g/mol. The van der Waals surface area contributed by atoms with Gasteiger partial charge in [-0.05, 0) is 37.3 Å². The third kappa shape index (κ3) is 5.78. The van der Waals surface area contributed by atoms with Crippen LogP contribution in [0.1, 0.15) is 52.7 Å². The van der Waals surface area contributed by atoms with Crippen molar-refractivity contribution in [2.24, 2.45) is 0 Å². The molecule has 0 bridgehead atoms. The second-order valence-electron chi connectivity index (χ2n) is 11.1. The van der Waals surface area contributed by atoms with Crippen LogP contribution in [0.15, 0.2) is 48.7 Å². The number of hydrogen-bond acceptors (Lipinski definition) is 10. The first kappa shape index (κ1) is 30.3. The standard InChI is InChI=1S/C31H31F2N3O9/c1-30(15-42-24-11-27-26(9-20(24)30)44-31(32,33)45-27)29(39)36-22-10-25(43-23-8-18(41-3)5-6-19(22)23)21-7-4-16(12-34-21)28(38)35-17(13-37)14-40-2/h4-9,11-12,17,22,25,37H,10,13-15H2,1-3H3,(H,35,38)(H,36,39)/t17?,22-,25-,30+/m1/s1. The first-order chi connectivity index (χ1) is 21.5. The van der Waals surface area contributed by atoms with E-state index < -0.39 is 41.7 Å². The van der Waals surface area contributed by atoms with Crippen LogP contribution in [0.2, 0.25) is 0 Å². The van der Waals surface area contributed by atoms with Gasteiger partial charge in [0.15, 0.2) is 11.5 Å². The minimum Gasteiger partial charge on any atom is -0.497 e. The van der Waals surface area contributed by atoms with Crippen molar-refractivity contribution in [2.75, 3.05) is 34.0 Å². The van der Waals surface area contributed by atoms with E-state index in [1.165, 1.54) is 32.5 Å². The maximum atomic E-state index is 13.9. The number of carbonyl (C=O) groups is 2. The fraction of sp³-hybridized carbons (Fsp3) is 0.387. The van der Waals surface area contributed by atoms with Crippen molar-refractivity contribution in [2.45, 2.75) is 43.2 Å². The first-order valence-corrected chi connectivity index (χ1v) is 14.1. The summed E-state index contributed by atoms with van der Waals surface area (Å²) < 4.78 is 58.9. The van der Waals surface area contributed by atoms with Crippen LogP contribution in [-0.2, 0) is 14.9 Å². The quantitative estimate of drug-likeness (QED) is 0.323. The molecule has 0 aliphatic carbocycles. The number of aliphatic hydroxyl groups excluding tert-OH is 1. The van der Waals surface area contributed by atoms with E-state index in [4.69, 9.17) is 18.9 Å². The highest BCUT2D eigenvalue weighted by Crippen LogP contribution is 2.50. The van der Waals surface area contributed by atoms with Crippen molar-refractivity contribution in [3.05, 3.63) is 71.0 Å². The molecule has 0 fully saturated rings. The zero-order valence-electron chi connectivity index (χ0n) is 24.6. The van der Waals surface area contributed by atoms with Gasteiger partial charge in [-0.3, -0.25) is 14.6 Å². The summed E-state index contributed by atoms with van der Waals surface area (Å²) in [5.41, 5.74) is 0.668. The lowest BCUT2D eigenvalue weighted by Gasteiger charge is -2.34. The summed E-state index contributed by atoms with van der Waals surface area (Å²) >= 11 is 0. The van der Waals surface area contributed by atoms with Crippen molar-refractivity contribution in [1.29, 1.82) is 0 Å². The van der Waals surface area contributed by atoms with Gasteiger partial charge in [0.25, 0.3) is 5.91 Å². The van der Waals surface area contributed by atoms with Crippen LogP contribution < -0.4 is 34.3 Å². The van der Waals surface area contributed by atoms with E-state index in [9.17, 15) is 23.5 Å². The van der Waals surface area contributed by atoms with Crippen molar-refractivity contribution in [3.63, 3.8) is 0 Å². The predicted molar refractivity (Wildman–Crippen MR) is 152 cm³/mol. The Kier molecular flexibility index (Phi) is 7.87. The number of halogens is 2. The highest BCUT2D eigenvalue weighted by molar-refractivity contribution is 5.94. The van der Waals surface area contributed by atoms with Gasteiger partial charge in [0.05, 0.1) is 43.7 Å². The van der Waals surface area contributed by atoms with Gasteiger partial charge in [-0.1, -0.05) is 0 Å². The largest absolute Gasteiger partial charge is 0.586 e. The molecule has 2 amide bonds. The molecule has 238 valence electrons. The number of hydrogen-bond donors (Lipinski definition) is 3. The second-order valence-corrected chi connectivity index (χ2v) is 11.1. The van der Waals surface area contributed by atoms with Crippen molar-refractivity contribution in [1.82, 2.24) is 15.6 Å². The maximum absolute atomic E-state index is 13.9. The molecular weight excluding hydrogens is 596 g/mol. The van der Waals surface area contributed by atoms with E-state index >= 15 is 0 Å². The van der Waals surface area contributed by atoms with Crippen molar-refractivity contribution < 1.29 is 51.9 Å². The number of methoxy groups -OCH3 is 2. The molecule has 3 N–H and O–H groups in total. The number of pyridine rings is 1. The van der Waals surface area contributed by atoms with Gasteiger partial charge in [0.1, 0.15) is 35.4 Å². The summed E-state index contributed by atoms with van der Waals surface area (Å²) in [5, 5.41) is 15.2. The molecule has 0 saturated heterocycles. The summed E-state index contributed by atoms with van der Waals surface area (Å²) in [7, 11) is 3.00. The molecule has 0 spiro atoms. The molecule has 45 heavy (non-hydrogen) atoms. The molecule has 0 saturated carbocycles. The number of alkyl halides is 2. The molecule has 14 heteroatoms. The summed E-state index contributed by atoms with van der Waals surface area (Å²) in [4.78, 5) is 31.0. The lowest BCUT2D eigenvalue weighted by Crippen LogP contribution is -2.46. The number of amides is 2. The minimum atomic E-state index is -3.81. The topological polar surface area (TPSA) is 147 Å². The average Bonchev–Trinajstić information content (AvgIpc) is 3.53. The number of aromatic nitrogens is 1. The van der Waals surface area contributed by atoms with Crippen LogP contribution in [0.5, 0.6) is 28.7 Å². The van der Waals surface area contributed by atoms with Crippen LogP contribution >= 0.6 is 0 Å². The van der Waals surface area contributed by atoms with Gasteiger partial charge in [0.2, 0.25) is 5.91 Å². The molecule has 6 rings (SSSR count). The molecule has 1 unspecified atom stereocenters. The van der Waals surface area contributed by atoms with Crippen LogP contribution in [0.3, 0.4) is 0 Å². The van der Waals surface area contributed by atoms with Crippen LogP contribution in [0.25, 0.3) is 0 Å². The van der Waals surface area contributed by atoms with Crippen molar-refractivity contribution in [3.8, 4) is 28.7 Å². The predicted octanol–water partition coefficient (Wildman–Crippen LogP) is 3.18. The Morgan fingerprint density at radius 3 is 2.56 bits per heavy atom. The molecule has 3 aliphatic rings. The molecule has 1 aromatic heterocycles. The molecule has 4 heterocycles. The lowest BCUT2D eigenvalue weighted by atomic mass is 9.82. The van der Waals surface area contributed by atoms with Gasteiger partial charge >= 0.3 is 6.29 Å². The van der Waals surface area contributed by atoms with Crippen molar-refractivity contribution >= 4 is 11.8 Å². The third-order valence-corrected chi connectivity index (χ3v) is 8.04. The Balaban J connectivity index is 1.24. The highest BCUT2D eigenvalue weighted by Gasteiger charge is 2.49. The van der Waals surface area contributed by atoms with Crippen LogP contribution in [0.4, 0.5) is 8.78 Å². The number of rotatable bonds is 9. The van der Waals surface area contributed by atoms with E-state index in [0.717, 1.165) is 0 Å². The molecular formula is C31H31F2N3O9. The van der Waals surface area contributed by atoms with E-state index in [0.29, 0.717) is 34.7 Å². The van der Waals surface area contributed by atoms with Crippen LogP contribution in [-0.4, -0.2) is 68.3 Å². The number of carbonyl (C=O) groups excluding carboxylic acids is 2. The van der Waals surface area contributed by atoms with Gasteiger partial charge in [0, 0.05) is 43.0 Å². The molecule has 4 atom stereocenters. The maximum Gasteiger partial charge on any atom is 0.586 e. The number of ether oxygens (including phenoxy) is 6. The normalized spacial score (nSPS) is 22.7. The number of nitrogens with one attached hydrogen (secondary N) is 2. The number of nitrogens with zero attached hydrogens (tertiary/aromatic N) is 1. The SMILES string of the molecule is COCC(CO)NC(=O)c1ccc([C@H]2C[C@@H](NC(=O)[C@@]3(C)COc4cc5c(cc43)OC(F)(F)O5)c3ccc(OC)cc3O2)nc1. The van der Waals surface area contributed by atoms with Crippen LogP contribution in [0, 0.1) is 0 Å². The minimum absolute atomic E-state index is 0.0256. The fourth-order valence-corrected chi connectivity index (χ4v) is 5.57. The molecule has 2 aromatic carbocycles. The van der Waals surface area contributed by atoms with Gasteiger partial charge in [-0.2, -0.15) is 0 Å². The summed E-state index contributed by atoms with van der Waals surface area (Å²) in [6.07, 6.45) is -2.71. The Labute approximate surface area is 256 Å². The molecule has 0 radical (unpaired) electrons. The number of fused-ring (bicyclic) bond motifs is 3. The second kappa shape index (κ2) is 11.7. The van der Waals surface area contributed by atoms with E-state index in [1.54, 1.807) is 37.3 Å². The molecule has 3 aromatic rings. The third-order valence-electron chi connectivity index (χ3n) is 8.04. The van der Waals surface area contributed by atoms with Gasteiger partial charge in [-0.25, -0.2) is 0 Å². The highest BCUT2D eigenvalue weighted by atomic mass is 19.3. The lowest BCUT2D eigenvalue weighted by molar-refractivity contribution is -0.286. The van der Waals surface area contributed by atoms with E-state index in [1.807, 2.05) is 0 Å². The van der Waals surface area contributed by atoms with E-state index in [-0.39, 0.29) is 42.6 Å². The average molecular weight is 628 g/mol. The number of aliphatic hydroxyl groups is 1. The first-order valence-electron chi connectivity index (χ1n) is 14.1. The summed E-state index contributed by atoms with van der Waals surface area (Å²) in [6.45, 7) is 1.51. The summed E-state index contributed by atoms with van der Waals surface area (Å²) in [5.74, 6) is 0.111. The Hall–Kier alpha value is -4.69. The smallest absolute Gasteiger partial charge is 0.497 e. The summed E-state index contributed by atoms with van der Waals surface area (Å²) in [6, 6.07) is 10.1. The Bertz CT molecular complexity index is 1620. The fourth-order valence-electron chi connectivity index (χ4n) is 5.57. The Morgan fingerprint density at radius 2 is 1.87 bits per heavy atom. The van der Waals surface area contributed by atoms with E-state index in [2.05, 4.69) is 25.1 Å². The van der Waals surface area contributed by atoms with Gasteiger partial charge in [-0.15, -0.1) is 8.78 Å². The zero-order chi connectivity index (χ0) is 31.9. The number of benzene rings is 2. The molecule has 3 aliphatic heterocycles. The zero-order valence-corrected chi connectivity index (χ0v) is 24.6. The Morgan fingerprint density at radius 1 is 1.09 bits per heavy atom. The molecule has 12 nitrogen and oxygen atoms in total. The van der Waals surface area contributed by atoms with Gasteiger partial charge < -0.3 is 44.2 Å².